The molecule has 2 amide bonds. The fourth-order valence-electron chi connectivity index (χ4n) is 3.06. The molecule has 7 nitrogen and oxygen atoms in total. The quantitative estimate of drug-likeness (QED) is 0.426. The Kier molecular flexibility index (Phi) is 8.17. The number of nitrogens with zero attached hydrogens (tertiary/aromatic N) is 3. The number of benzene rings is 2. The first-order chi connectivity index (χ1) is 15.3. The molecule has 0 spiro atoms. The predicted molar refractivity (Wildman–Crippen MR) is 129 cm³/mol. The number of anilines is 1. The number of rotatable bonds is 8. The number of halogens is 2. The Bertz CT molecular complexity index is 1140. The molecule has 0 unspecified atom stereocenters. The summed E-state index contributed by atoms with van der Waals surface area (Å²) in [5, 5.41) is 15.6. The fourth-order valence-corrected chi connectivity index (χ4v) is 4.21. The van der Waals surface area contributed by atoms with Crippen LogP contribution in [0.4, 0.5) is 5.69 Å². The molecule has 0 saturated carbocycles. The summed E-state index contributed by atoms with van der Waals surface area (Å²) in [6.45, 7) is 6.34. The van der Waals surface area contributed by atoms with E-state index in [1.807, 2.05) is 43.5 Å². The lowest BCUT2D eigenvalue weighted by atomic mass is 10.1. The summed E-state index contributed by atoms with van der Waals surface area (Å²) in [7, 11) is 0. The highest BCUT2D eigenvalue weighted by molar-refractivity contribution is 7.99. The van der Waals surface area contributed by atoms with Gasteiger partial charge in [-0.3, -0.25) is 9.59 Å². The van der Waals surface area contributed by atoms with Crippen LogP contribution in [0.5, 0.6) is 0 Å². The second-order valence-electron chi connectivity index (χ2n) is 7.11. The molecule has 0 fully saturated rings. The molecule has 0 aliphatic carbocycles. The van der Waals surface area contributed by atoms with Crippen molar-refractivity contribution in [2.75, 3.05) is 11.1 Å². The summed E-state index contributed by atoms with van der Waals surface area (Å²) in [5.74, 6) is 0.311. The Hall–Kier alpha value is -2.55. The number of carbonyl (C=O) groups is 2. The maximum Gasteiger partial charge on any atom is 0.251 e. The molecule has 1 aromatic heterocycles. The van der Waals surface area contributed by atoms with Crippen molar-refractivity contribution in [1.82, 2.24) is 20.1 Å². The van der Waals surface area contributed by atoms with Crippen LogP contribution < -0.4 is 10.6 Å². The molecule has 2 N–H and O–H groups in total. The van der Waals surface area contributed by atoms with Crippen molar-refractivity contribution in [1.29, 1.82) is 0 Å². The second-order valence-corrected chi connectivity index (χ2v) is 8.90. The molecule has 1 heterocycles. The van der Waals surface area contributed by atoms with Crippen molar-refractivity contribution in [3.8, 4) is 0 Å². The van der Waals surface area contributed by atoms with E-state index in [-0.39, 0.29) is 23.6 Å². The Morgan fingerprint density at radius 1 is 1.16 bits per heavy atom. The van der Waals surface area contributed by atoms with Gasteiger partial charge in [0.05, 0.1) is 22.5 Å². The SMILES string of the molecule is CCn1c(SCC(=O)Nc2cc(Cl)ccc2Cl)nnc1[C@H](C)NC(=O)c1cccc(C)c1. The van der Waals surface area contributed by atoms with E-state index in [0.717, 1.165) is 5.56 Å². The number of thioether (sulfide) groups is 1. The molecule has 0 aliphatic rings. The number of nitrogens with one attached hydrogen (secondary N) is 2. The lowest BCUT2D eigenvalue weighted by molar-refractivity contribution is -0.113. The van der Waals surface area contributed by atoms with Crippen LogP contribution >= 0.6 is 35.0 Å². The number of amides is 2. The lowest BCUT2D eigenvalue weighted by Gasteiger charge is -2.15. The van der Waals surface area contributed by atoms with Crippen molar-refractivity contribution in [2.45, 2.75) is 38.5 Å². The molecule has 0 saturated heterocycles. The van der Waals surface area contributed by atoms with Gasteiger partial charge in [-0.15, -0.1) is 10.2 Å². The molecule has 10 heteroatoms. The summed E-state index contributed by atoms with van der Waals surface area (Å²) < 4.78 is 1.88. The first-order valence-corrected chi connectivity index (χ1v) is 11.7. The average Bonchev–Trinajstić information content (AvgIpc) is 3.18. The number of carbonyl (C=O) groups excluding carboxylic acids is 2. The lowest BCUT2D eigenvalue weighted by Crippen LogP contribution is -2.28. The van der Waals surface area contributed by atoms with Crippen LogP contribution in [0.25, 0.3) is 0 Å². The van der Waals surface area contributed by atoms with Crippen LogP contribution in [0, 0.1) is 6.92 Å². The largest absolute Gasteiger partial charge is 0.342 e. The summed E-state index contributed by atoms with van der Waals surface area (Å²) in [5.41, 5.74) is 2.05. The second kappa shape index (κ2) is 10.8. The van der Waals surface area contributed by atoms with E-state index in [2.05, 4.69) is 20.8 Å². The summed E-state index contributed by atoms with van der Waals surface area (Å²) in [6.07, 6.45) is 0. The van der Waals surface area contributed by atoms with Gasteiger partial charge in [0.15, 0.2) is 11.0 Å². The highest BCUT2D eigenvalue weighted by Gasteiger charge is 2.20. The van der Waals surface area contributed by atoms with E-state index in [9.17, 15) is 9.59 Å². The fraction of sp³-hybridized carbons (Fsp3) is 0.273. The van der Waals surface area contributed by atoms with E-state index in [1.54, 1.807) is 24.3 Å². The third-order valence-electron chi connectivity index (χ3n) is 4.61. The number of hydrogen-bond acceptors (Lipinski definition) is 5. The molecular formula is C22H23Cl2N5O2S. The minimum atomic E-state index is -0.357. The average molecular weight is 492 g/mol. The Morgan fingerprint density at radius 2 is 1.94 bits per heavy atom. The smallest absolute Gasteiger partial charge is 0.251 e. The van der Waals surface area contributed by atoms with Crippen molar-refractivity contribution in [3.05, 3.63) is 69.5 Å². The third kappa shape index (κ3) is 6.03. The first-order valence-electron chi connectivity index (χ1n) is 9.96. The molecule has 2 aromatic carbocycles. The molecule has 3 aromatic rings. The predicted octanol–water partition coefficient (Wildman–Crippen LogP) is 5.14. The molecule has 0 radical (unpaired) electrons. The van der Waals surface area contributed by atoms with Crippen molar-refractivity contribution in [3.63, 3.8) is 0 Å². The zero-order valence-corrected chi connectivity index (χ0v) is 20.2. The molecule has 0 bridgehead atoms. The van der Waals surface area contributed by atoms with Gasteiger partial charge in [0.25, 0.3) is 5.91 Å². The molecule has 3 rings (SSSR count). The Balaban J connectivity index is 1.64. The van der Waals surface area contributed by atoms with Gasteiger partial charge in [-0.25, -0.2) is 0 Å². The van der Waals surface area contributed by atoms with Crippen LogP contribution in [0.3, 0.4) is 0 Å². The first kappa shape index (κ1) is 24.1. The maximum absolute atomic E-state index is 12.6. The highest BCUT2D eigenvalue weighted by atomic mass is 35.5. The molecule has 32 heavy (non-hydrogen) atoms. The normalized spacial score (nSPS) is 11.8. The molecular weight excluding hydrogens is 469 g/mol. The van der Waals surface area contributed by atoms with E-state index >= 15 is 0 Å². The monoisotopic (exact) mass is 491 g/mol. The molecule has 168 valence electrons. The van der Waals surface area contributed by atoms with Crippen molar-refractivity contribution in [2.24, 2.45) is 0 Å². The van der Waals surface area contributed by atoms with Gasteiger partial charge < -0.3 is 15.2 Å². The molecule has 1 atom stereocenters. The van der Waals surface area contributed by atoms with Gasteiger partial charge in [-0.05, 0) is 51.1 Å². The van der Waals surface area contributed by atoms with E-state index in [0.29, 0.717) is 38.8 Å². The van der Waals surface area contributed by atoms with Gasteiger partial charge in [0.1, 0.15) is 0 Å². The number of hydrogen-bond donors (Lipinski definition) is 2. The van der Waals surface area contributed by atoms with Gasteiger partial charge in [-0.1, -0.05) is 52.7 Å². The maximum atomic E-state index is 12.6. The van der Waals surface area contributed by atoms with Crippen LogP contribution in [0.1, 0.15) is 41.6 Å². The number of aryl methyl sites for hydroxylation is 1. The zero-order chi connectivity index (χ0) is 23.3. The minimum Gasteiger partial charge on any atom is -0.342 e. The van der Waals surface area contributed by atoms with E-state index in [4.69, 9.17) is 23.2 Å². The van der Waals surface area contributed by atoms with Gasteiger partial charge in [-0.2, -0.15) is 0 Å². The van der Waals surface area contributed by atoms with E-state index < -0.39 is 0 Å². The third-order valence-corrected chi connectivity index (χ3v) is 6.14. The zero-order valence-electron chi connectivity index (χ0n) is 17.9. The van der Waals surface area contributed by atoms with Crippen LogP contribution in [-0.2, 0) is 11.3 Å². The summed E-state index contributed by atoms with van der Waals surface area (Å²) >= 11 is 13.3. The highest BCUT2D eigenvalue weighted by Crippen LogP contribution is 2.26. The van der Waals surface area contributed by atoms with Gasteiger partial charge in [0, 0.05) is 17.1 Å². The van der Waals surface area contributed by atoms with Crippen LogP contribution in [-0.4, -0.2) is 32.3 Å². The van der Waals surface area contributed by atoms with Crippen molar-refractivity contribution < 1.29 is 9.59 Å². The summed E-state index contributed by atoms with van der Waals surface area (Å²) in [4.78, 5) is 25.0. The summed E-state index contributed by atoms with van der Waals surface area (Å²) in [6, 6.07) is 11.9. The standard InChI is InChI=1S/C22H23Cl2N5O2S/c1-4-29-20(14(3)25-21(31)15-7-5-6-13(2)10-15)27-28-22(29)32-12-19(30)26-18-11-16(23)8-9-17(18)24/h5-11,14H,4,12H2,1-3H3,(H,25,31)(H,26,30)/t14-/m0/s1. The van der Waals surface area contributed by atoms with Gasteiger partial charge in [0.2, 0.25) is 5.91 Å². The van der Waals surface area contributed by atoms with E-state index in [1.165, 1.54) is 11.8 Å². The van der Waals surface area contributed by atoms with Crippen LogP contribution in [0.15, 0.2) is 47.6 Å². The van der Waals surface area contributed by atoms with Crippen molar-refractivity contribution >= 4 is 52.5 Å². The van der Waals surface area contributed by atoms with Gasteiger partial charge >= 0.3 is 0 Å². The Labute approximate surface area is 200 Å². The Morgan fingerprint density at radius 3 is 2.66 bits per heavy atom. The number of aromatic nitrogens is 3. The minimum absolute atomic E-state index is 0.116. The van der Waals surface area contributed by atoms with Crippen LogP contribution in [0.2, 0.25) is 10.0 Å². The molecule has 0 aliphatic heterocycles. The topological polar surface area (TPSA) is 88.9 Å².